The number of carbonyl (C=O) groups is 2. The van der Waals surface area contributed by atoms with Crippen molar-refractivity contribution >= 4 is 23.2 Å². The van der Waals surface area contributed by atoms with Gasteiger partial charge in [0, 0.05) is 5.56 Å². The number of rotatable bonds is 2. The second-order valence-electron chi connectivity index (χ2n) is 5.85. The van der Waals surface area contributed by atoms with Crippen molar-refractivity contribution < 1.29 is 19.1 Å². The highest BCUT2D eigenvalue weighted by atomic mass is 16.7. The third-order valence-corrected chi connectivity index (χ3v) is 2.98. The van der Waals surface area contributed by atoms with Gasteiger partial charge in [-0.1, -0.05) is 18.2 Å². The van der Waals surface area contributed by atoms with Crippen molar-refractivity contribution in [3.63, 3.8) is 0 Å². The molecule has 0 spiro atoms. The van der Waals surface area contributed by atoms with E-state index in [0.29, 0.717) is 11.3 Å². The molecule has 0 aliphatic heterocycles. The van der Waals surface area contributed by atoms with Gasteiger partial charge in [0.25, 0.3) is 0 Å². The summed E-state index contributed by atoms with van der Waals surface area (Å²) in [7, 11) is 0. The maximum atomic E-state index is 11.7. The summed E-state index contributed by atoms with van der Waals surface area (Å²) in [5.41, 5.74) is 0.847. The van der Waals surface area contributed by atoms with Gasteiger partial charge in [-0.2, -0.15) is 0 Å². The Labute approximate surface area is 123 Å². The van der Waals surface area contributed by atoms with Crippen molar-refractivity contribution in [2.24, 2.45) is 0 Å². The van der Waals surface area contributed by atoms with E-state index in [9.17, 15) is 9.59 Å². The van der Waals surface area contributed by atoms with Crippen LogP contribution in [0.2, 0.25) is 0 Å². The first-order chi connectivity index (χ1) is 9.80. The van der Waals surface area contributed by atoms with Crippen LogP contribution in [-0.2, 0) is 4.74 Å². The summed E-state index contributed by atoms with van der Waals surface area (Å²) < 4.78 is 10.4. The highest BCUT2D eigenvalue weighted by molar-refractivity contribution is 5.92. The molecular weight excluding hydrogens is 268 g/mol. The fraction of sp³-hybridized carbons (Fsp3) is 0.294. The van der Waals surface area contributed by atoms with Crippen LogP contribution in [0.15, 0.2) is 30.3 Å². The summed E-state index contributed by atoms with van der Waals surface area (Å²) in [4.78, 5) is 22.5. The summed E-state index contributed by atoms with van der Waals surface area (Å²) in [6, 6.07) is 8.90. The van der Waals surface area contributed by atoms with Gasteiger partial charge >= 0.3 is 6.16 Å². The number of hydrogen-bond acceptors (Lipinski definition) is 4. The van der Waals surface area contributed by atoms with E-state index < -0.39 is 11.8 Å². The number of hydrogen-bond donors (Lipinski definition) is 0. The Balaban J connectivity index is 2.32. The van der Waals surface area contributed by atoms with Crippen LogP contribution in [0.5, 0.6) is 5.75 Å². The largest absolute Gasteiger partial charge is 0.514 e. The molecule has 0 saturated heterocycles. The van der Waals surface area contributed by atoms with Crippen molar-refractivity contribution in [1.82, 2.24) is 0 Å². The molecule has 0 atom stereocenters. The zero-order valence-corrected chi connectivity index (χ0v) is 12.6. The summed E-state index contributed by atoms with van der Waals surface area (Å²) in [5, 5.41) is 1.86. The number of fused-ring (bicyclic) bond motifs is 1. The van der Waals surface area contributed by atoms with E-state index in [-0.39, 0.29) is 0 Å². The minimum Gasteiger partial charge on any atom is -0.428 e. The minimum absolute atomic E-state index is 0.454. The van der Waals surface area contributed by atoms with E-state index in [1.807, 2.05) is 19.1 Å². The predicted octanol–water partition coefficient (Wildman–Crippen LogP) is 4.27. The molecule has 0 N–H and O–H groups in total. The fourth-order valence-corrected chi connectivity index (χ4v) is 2.03. The molecule has 0 bridgehead atoms. The van der Waals surface area contributed by atoms with Crippen LogP contribution in [0.25, 0.3) is 10.8 Å². The Morgan fingerprint density at radius 3 is 2.48 bits per heavy atom. The lowest BCUT2D eigenvalue weighted by molar-refractivity contribution is 0.0205. The molecule has 0 radical (unpaired) electrons. The Morgan fingerprint density at radius 2 is 1.86 bits per heavy atom. The zero-order chi connectivity index (χ0) is 15.6. The standard InChI is InChI=1S/C17H18O4/c1-11-14-7-5-12(10-18)9-13(14)6-8-15(11)20-16(19)21-17(2,3)4/h5-10H,1-4H3. The number of benzene rings is 2. The maximum absolute atomic E-state index is 11.7. The smallest absolute Gasteiger partial charge is 0.428 e. The first-order valence-electron chi connectivity index (χ1n) is 6.69. The lowest BCUT2D eigenvalue weighted by Gasteiger charge is -2.19. The van der Waals surface area contributed by atoms with Gasteiger partial charge in [-0.15, -0.1) is 0 Å². The van der Waals surface area contributed by atoms with Gasteiger partial charge in [0.05, 0.1) is 0 Å². The average Bonchev–Trinajstić information content (AvgIpc) is 2.39. The van der Waals surface area contributed by atoms with Crippen LogP contribution in [0.1, 0.15) is 36.7 Å². The van der Waals surface area contributed by atoms with Crippen molar-refractivity contribution in [2.45, 2.75) is 33.3 Å². The minimum atomic E-state index is -0.727. The zero-order valence-electron chi connectivity index (χ0n) is 12.6. The van der Waals surface area contributed by atoms with Crippen molar-refractivity contribution in [3.05, 3.63) is 41.5 Å². The molecule has 0 unspecified atom stereocenters. The van der Waals surface area contributed by atoms with E-state index in [2.05, 4.69) is 0 Å². The Hall–Kier alpha value is -2.36. The van der Waals surface area contributed by atoms with E-state index in [1.165, 1.54) is 0 Å². The third kappa shape index (κ3) is 3.60. The first-order valence-corrected chi connectivity index (χ1v) is 6.69. The predicted molar refractivity (Wildman–Crippen MR) is 80.9 cm³/mol. The summed E-state index contributed by atoms with van der Waals surface area (Å²) >= 11 is 0. The quantitative estimate of drug-likeness (QED) is 0.470. The topological polar surface area (TPSA) is 52.6 Å². The molecule has 0 saturated carbocycles. The van der Waals surface area contributed by atoms with Gasteiger partial charge in [0.15, 0.2) is 0 Å². The molecule has 2 aromatic rings. The van der Waals surface area contributed by atoms with Crippen LogP contribution >= 0.6 is 0 Å². The molecule has 0 amide bonds. The third-order valence-electron chi connectivity index (χ3n) is 2.98. The van der Waals surface area contributed by atoms with Crippen molar-refractivity contribution in [2.75, 3.05) is 0 Å². The normalized spacial score (nSPS) is 11.2. The van der Waals surface area contributed by atoms with E-state index in [1.54, 1.807) is 39.0 Å². The van der Waals surface area contributed by atoms with E-state index >= 15 is 0 Å². The first kappa shape index (κ1) is 15.0. The SMILES string of the molecule is Cc1c(OC(=O)OC(C)(C)C)ccc2cc(C=O)ccc12. The Kier molecular flexibility index (Phi) is 3.98. The van der Waals surface area contributed by atoms with E-state index in [0.717, 1.165) is 22.6 Å². The molecule has 0 aliphatic rings. The van der Waals surface area contributed by atoms with Crippen molar-refractivity contribution in [1.29, 1.82) is 0 Å². The fourth-order valence-electron chi connectivity index (χ4n) is 2.03. The number of carbonyl (C=O) groups excluding carboxylic acids is 2. The maximum Gasteiger partial charge on any atom is 0.514 e. The van der Waals surface area contributed by atoms with Crippen LogP contribution in [0.3, 0.4) is 0 Å². The van der Waals surface area contributed by atoms with Gasteiger partial charge in [0.2, 0.25) is 0 Å². The molecular formula is C17H18O4. The van der Waals surface area contributed by atoms with Gasteiger partial charge in [0.1, 0.15) is 17.6 Å². The molecule has 0 fully saturated rings. The van der Waals surface area contributed by atoms with Gasteiger partial charge in [-0.3, -0.25) is 4.79 Å². The summed E-state index contributed by atoms with van der Waals surface area (Å²) in [6.45, 7) is 7.20. The number of aryl methyl sites for hydroxylation is 1. The molecule has 2 aromatic carbocycles. The second-order valence-corrected chi connectivity index (χ2v) is 5.85. The van der Waals surface area contributed by atoms with Crippen LogP contribution in [-0.4, -0.2) is 18.0 Å². The molecule has 0 heterocycles. The average molecular weight is 286 g/mol. The monoisotopic (exact) mass is 286 g/mol. The molecule has 4 nitrogen and oxygen atoms in total. The van der Waals surface area contributed by atoms with Gasteiger partial charge < -0.3 is 9.47 Å². The number of aldehydes is 1. The lowest BCUT2D eigenvalue weighted by Crippen LogP contribution is -2.26. The van der Waals surface area contributed by atoms with E-state index in [4.69, 9.17) is 9.47 Å². The molecule has 110 valence electrons. The number of ether oxygens (including phenoxy) is 2. The molecule has 21 heavy (non-hydrogen) atoms. The van der Waals surface area contributed by atoms with Crippen molar-refractivity contribution in [3.8, 4) is 5.75 Å². The highest BCUT2D eigenvalue weighted by Crippen LogP contribution is 2.28. The van der Waals surface area contributed by atoms with Crippen LogP contribution < -0.4 is 4.74 Å². The lowest BCUT2D eigenvalue weighted by atomic mass is 10.0. The second kappa shape index (κ2) is 5.56. The van der Waals surface area contributed by atoms with Gasteiger partial charge in [-0.05, 0) is 56.2 Å². The Bertz CT molecular complexity index is 696. The van der Waals surface area contributed by atoms with Crippen LogP contribution in [0.4, 0.5) is 4.79 Å². The van der Waals surface area contributed by atoms with Gasteiger partial charge in [-0.25, -0.2) is 4.79 Å². The molecule has 2 rings (SSSR count). The highest BCUT2D eigenvalue weighted by Gasteiger charge is 2.19. The summed E-state index contributed by atoms with van der Waals surface area (Å²) in [5.74, 6) is 0.454. The van der Waals surface area contributed by atoms with Crippen LogP contribution in [0, 0.1) is 6.92 Å². The Morgan fingerprint density at radius 1 is 1.14 bits per heavy atom. The molecule has 0 aliphatic carbocycles. The molecule has 4 heteroatoms. The molecule has 0 aromatic heterocycles. The summed E-state index contributed by atoms with van der Waals surface area (Å²) in [6.07, 6.45) is 0.0781.